The van der Waals surface area contributed by atoms with E-state index >= 15 is 0 Å². The predicted molar refractivity (Wildman–Crippen MR) is 114 cm³/mol. The molecular weight excluding hydrogens is 392 g/mol. The molecule has 0 radical (unpaired) electrons. The van der Waals surface area contributed by atoms with Crippen LogP contribution in [0.15, 0.2) is 53.0 Å². The van der Waals surface area contributed by atoms with Crippen molar-refractivity contribution >= 4 is 43.9 Å². The summed E-state index contributed by atoms with van der Waals surface area (Å²) in [5.74, 6) is -0.270. The number of hydrogen-bond donors (Lipinski definition) is 1. The Morgan fingerprint density at radius 3 is 2.71 bits per heavy atom. The Kier molecular flexibility index (Phi) is 5.06. The molecule has 28 heavy (non-hydrogen) atoms. The molecule has 1 amide bonds. The first-order valence-corrected chi connectivity index (χ1v) is 10.6. The van der Waals surface area contributed by atoms with Gasteiger partial charge in [0.15, 0.2) is 5.13 Å². The summed E-state index contributed by atoms with van der Waals surface area (Å²) in [4.78, 5) is 36.4. The third kappa shape index (κ3) is 3.25. The molecule has 0 saturated carbocycles. The lowest BCUT2D eigenvalue weighted by Gasteiger charge is -2.16. The van der Waals surface area contributed by atoms with E-state index in [2.05, 4.69) is 15.3 Å². The molecule has 1 atom stereocenters. The molecule has 3 aromatic heterocycles. The van der Waals surface area contributed by atoms with E-state index in [1.165, 1.54) is 33.6 Å². The lowest BCUT2D eigenvalue weighted by atomic mass is 10.0. The number of thiophene rings is 1. The highest BCUT2D eigenvalue weighted by Gasteiger charge is 2.24. The van der Waals surface area contributed by atoms with Gasteiger partial charge in [0.05, 0.1) is 11.7 Å². The van der Waals surface area contributed by atoms with Crippen LogP contribution >= 0.6 is 22.7 Å². The number of thiazole rings is 1. The van der Waals surface area contributed by atoms with Crippen LogP contribution in [0, 0.1) is 6.92 Å². The van der Waals surface area contributed by atoms with Crippen LogP contribution in [-0.2, 0) is 4.79 Å². The third-order valence-electron chi connectivity index (χ3n) is 4.56. The molecule has 0 aliphatic rings. The van der Waals surface area contributed by atoms with Crippen molar-refractivity contribution in [3.63, 3.8) is 0 Å². The maximum absolute atomic E-state index is 13.4. The van der Waals surface area contributed by atoms with Crippen LogP contribution in [-0.4, -0.2) is 20.4 Å². The van der Waals surface area contributed by atoms with Crippen LogP contribution in [0.5, 0.6) is 0 Å². The quantitative estimate of drug-likeness (QED) is 0.526. The molecule has 3 heterocycles. The summed E-state index contributed by atoms with van der Waals surface area (Å²) in [5.41, 5.74) is 1.67. The molecule has 1 N–H and O–H groups in total. The van der Waals surface area contributed by atoms with Gasteiger partial charge >= 0.3 is 0 Å². The standard InChI is InChI=1S/C20H18N4O2S2/c1-3-14(17(25)23-20-21-9-10-27-20)24-11-22-18-16(19(24)26)15(12(2)28-18)13-7-5-4-6-8-13/h4-11,14H,3H2,1-2H3,(H,21,23,25). The maximum atomic E-state index is 13.4. The molecule has 0 fully saturated rings. The van der Waals surface area contributed by atoms with Gasteiger partial charge in [-0.15, -0.1) is 22.7 Å². The fraction of sp³-hybridized carbons (Fsp3) is 0.200. The summed E-state index contributed by atoms with van der Waals surface area (Å²) in [5, 5.41) is 5.65. The van der Waals surface area contributed by atoms with E-state index in [1.54, 1.807) is 11.6 Å². The molecule has 142 valence electrons. The molecule has 4 rings (SSSR count). The molecule has 0 saturated heterocycles. The monoisotopic (exact) mass is 410 g/mol. The maximum Gasteiger partial charge on any atom is 0.263 e. The minimum absolute atomic E-state index is 0.200. The number of nitrogens with zero attached hydrogens (tertiary/aromatic N) is 3. The first-order chi connectivity index (χ1) is 13.6. The van der Waals surface area contributed by atoms with E-state index < -0.39 is 6.04 Å². The van der Waals surface area contributed by atoms with E-state index in [9.17, 15) is 9.59 Å². The van der Waals surface area contributed by atoms with Crippen LogP contribution in [0.25, 0.3) is 21.3 Å². The minimum Gasteiger partial charge on any atom is -0.300 e. The smallest absolute Gasteiger partial charge is 0.263 e. The zero-order valence-corrected chi connectivity index (χ0v) is 17.0. The molecule has 6 nitrogen and oxygen atoms in total. The van der Waals surface area contributed by atoms with Crippen LogP contribution in [0.3, 0.4) is 0 Å². The Labute approximate surface area is 169 Å². The summed E-state index contributed by atoms with van der Waals surface area (Å²) >= 11 is 2.83. The molecule has 1 unspecified atom stereocenters. The zero-order chi connectivity index (χ0) is 19.7. The summed E-state index contributed by atoms with van der Waals surface area (Å²) in [7, 11) is 0. The molecule has 0 aliphatic carbocycles. The highest BCUT2D eigenvalue weighted by atomic mass is 32.1. The van der Waals surface area contributed by atoms with Gasteiger partial charge < -0.3 is 5.32 Å². The number of rotatable bonds is 5. The summed E-state index contributed by atoms with van der Waals surface area (Å²) < 4.78 is 1.43. The predicted octanol–water partition coefficient (Wildman–Crippen LogP) is 4.48. The molecule has 1 aromatic carbocycles. The van der Waals surface area contributed by atoms with Crippen molar-refractivity contribution in [1.82, 2.24) is 14.5 Å². The molecule has 8 heteroatoms. The summed E-state index contributed by atoms with van der Waals surface area (Å²) in [6, 6.07) is 9.15. The second-order valence-electron chi connectivity index (χ2n) is 6.29. The number of anilines is 1. The van der Waals surface area contributed by atoms with Gasteiger partial charge in [-0.05, 0) is 18.9 Å². The van der Waals surface area contributed by atoms with E-state index in [-0.39, 0.29) is 11.5 Å². The summed E-state index contributed by atoms with van der Waals surface area (Å²) in [6.45, 7) is 3.87. The molecule has 0 aliphatic heterocycles. The van der Waals surface area contributed by atoms with Gasteiger partial charge in [0.25, 0.3) is 5.56 Å². The number of aromatic nitrogens is 3. The molecular formula is C20H18N4O2S2. The van der Waals surface area contributed by atoms with Gasteiger partial charge in [0, 0.05) is 22.0 Å². The topological polar surface area (TPSA) is 76.9 Å². The number of carbonyl (C=O) groups excluding carboxylic acids is 1. The van der Waals surface area contributed by atoms with Crippen molar-refractivity contribution in [2.45, 2.75) is 26.3 Å². The van der Waals surface area contributed by atoms with Crippen LogP contribution < -0.4 is 10.9 Å². The second-order valence-corrected chi connectivity index (χ2v) is 8.38. The Morgan fingerprint density at radius 2 is 2.04 bits per heavy atom. The Balaban J connectivity index is 1.83. The number of aryl methyl sites for hydroxylation is 1. The average Bonchev–Trinajstić information content (AvgIpc) is 3.32. The Morgan fingerprint density at radius 1 is 1.25 bits per heavy atom. The number of carbonyl (C=O) groups is 1. The number of amides is 1. The Bertz CT molecular complexity index is 1180. The highest BCUT2D eigenvalue weighted by Crippen LogP contribution is 2.35. The van der Waals surface area contributed by atoms with Crippen molar-refractivity contribution in [3.05, 3.63) is 63.5 Å². The van der Waals surface area contributed by atoms with E-state index in [1.807, 2.05) is 44.2 Å². The molecule has 0 spiro atoms. The Hall–Kier alpha value is -2.84. The van der Waals surface area contributed by atoms with Gasteiger partial charge in [-0.3, -0.25) is 14.2 Å². The lowest BCUT2D eigenvalue weighted by Crippen LogP contribution is -2.33. The summed E-state index contributed by atoms with van der Waals surface area (Å²) in [6.07, 6.45) is 3.57. The van der Waals surface area contributed by atoms with Crippen molar-refractivity contribution in [1.29, 1.82) is 0 Å². The van der Waals surface area contributed by atoms with Gasteiger partial charge in [0.1, 0.15) is 10.9 Å². The van der Waals surface area contributed by atoms with E-state index in [0.717, 1.165) is 16.0 Å². The van der Waals surface area contributed by atoms with Crippen molar-refractivity contribution in [2.24, 2.45) is 0 Å². The van der Waals surface area contributed by atoms with Crippen LogP contribution in [0.4, 0.5) is 5.13 Å². The first-order valence-electron chi connectivity index (χ1n) is 8.86. The lowest BCUT2D eigenvalue weighted by molar-refractivity contribution is -0.119. The van der Waals surface area contributed by atoms with Crippen molar-refractivity contribution < 1.29 is 4.79 Å². The van der Waals surface area contributed by atoms with Crippen molar-refractivity contribution in [3.8, 4) is 11.1 Å². The second kappa shape index (κ2) is 7.65. The van der Waals surface area contributed by atoms with Crippen LogP contribution in [0.1, 0.15) is 24.3 Å². The fourth-order valence-corrected chi connectivity index (χ4v) is 4.81. The van der Waals surface area contributed by atoms with Gasteiger partial charge in [-0.2, -0.15) is 0 Å². The number of fused-ring (bicyclic) bond motifs is 1. The largest absolute Gasteiger partial charge is 0.300 e. The minimum atomic E-state index is -0.655. The van der Waals surface area contributed by atoms with Gasteiger partial charge in [0.2, 0.25) is 5.91 Å². The molecule has 4 aromatic rings. The number of nitrogens with one attached hydrogen (secondary N) is 1. The highest BCUT2D eigenvalue weighted by molar-refractivity contribution is 7.19. The fourth-order valence-electron chi connectivity index (χ4n) is 3.27. The third-order valence-corrected chi connectivity index (χ3v) is 6.27. The average molecular weight is 411 g/mol. The normalized spacial score (nSPS) is 12.2. The van der Waals surface area contributed by atoms with Crippen molar-refractivity contribution in [2.75, 3.05) is 5.32 Å². The van der Waals surface area contributed by atoms with E-state index in [0.29, 0.717) is 21.8 Å². The van der Waals surface area contributed by atoms with Crippen LogP contribution in [0.2, 0.25) is 0 Å². The van der Waals surface area contributed by atoms with E-state index in [4.69, 9.17) is 0 Å². The number of hydrogen-bond acceptors (Lipinski definition) is 6. The first kappa shape index (κ1) is 18.5. The number of benzene rings is 1. The molecule has 0 bridgehead atoms. The zero-order valence-electron chi connectivity index (χ0n) is 15.4. The SMILES string of the molecule is CCC(C(=O)Nc1nccs1)n1cnc2sc(C)c(-c3ccccc3)c2c1=O. The van der Waals surface area contributed by atoms with Gasteiger partial charge in [-0.1, -0.05) is 37.3 Å². The van der Waals surface area contributed by atoms with Gasteiger partial charge in [-0.25, -0.2) is 9.97 Å².